The van der Waals surface area contributed by atoms with E-state index in [9.17, 15) is 18.0 Å². The number of nitrogens with one attached hydrogen (secondary N) is 1. The Morgan fingerprint density at radius 2 is 1.90 bits per heavy atom. The Kier molecular flexibility index (Phi) is 5.34. The van der Waals surface area contributed by atoms with Crippen LogP contribution in [0, 0.1) is 0 Å². The van der Waals surface area contributed by atoms with Crippen LogP contribution in [0.15, 0.2) is 6.07 Å². The highest BCUT2D eigenvalue weighted by atomic mass is 19.4. The van der Waals surface area contributed by atoms with Gasteiger partial charge >= 0.3 is 6.18 Å². The molecule has 0 aromatic carbocycles. The van der Waals surface area contributed by atoms with Crippen molar-refractivity contribution in [1.29, 1.82) is 0 Å². The van der Waals surface area contributed by atoms with Crippen molar-refractivity contribution in [2.45, 2.75) is 13.1 Å². The number of amides is 1. The molecule has 1 amide bonds. The fourth-order valence-corrected chi connectivity index (χ4v) is 1.44. The Morgan fingerprint density at radius 1 is 1.29 bits per heavy atom. The lowest BCUT2D eigenvalue weighted by Gasteiger charge is -2.21. The molecular weight excluding hydrogens is 287 g/mol. The molecule has 1 aromatic rings. The van der Waals surface area contributed by atoms with Crippen molar-refractivity contribution in [2.75, 3.05) is 44.4 Å². The molecule has 0 saturated carbocycles. The van der Waals surface area contributed by atoms with E-state index >= 15 is 0 Å². The molecule has 1 heterocycles. The van der Waals surface area contributed by atoms with Gasteiger partial charge in [-0.1, -0.05) is 0 Å². The number of hydrogen-bond acceptors (Lipinski definition) is 5. The van der Waals surface area contributed by atoms with Gasteiger partial charge in [-0.05, 0) is 6.92 Å². The molecule has 9 heteroatoms. The van der Waals surface area contributed by atoms with E-state index in [1.807, 2.05) is 0 Å². The van der Waals surface area contributed by atoms with E-state index in [0.717, 1.165) is 6.07 Å². The lowest BCUT2D eigenvalue weighted by molar-refractivity contribution is -0.141. The van der Waals surface area contributed by atoms with Crippen LogP contribution in [0.3, 0.4) is 0 Å². The zero-order chi connectivity index (χ0) is 16.2. The Bertz CT molecular complexity index is 504. The number of anilines is 2. The van der Waals surface area contributed by atoms with Gasteiger partial charge in [0.05, 0.1) is 6.54 Å². The SMILES string of the molecule is CCNc1nc(N(C)CC(=O)N(C)C)cc(C(F)(F)F)n1. The highest BCUT2D eigenvalue weighted by Crippen LogP contribution is 2.30. The van der Waals surface area contributed by atoms with Gasteiger partial charge < -0.3 is 15.1 Å². The van der Waals surface area contributed by atoms with Crippen molar-refractivity contribution in [1.82, 2.24) is 14.9 Å². The van der Waals surface area contributed by atoms with Crippen LogP contribution in [-0.2, 0) is 11.0 Å². The average molecular weight is 305 g/mol. The molecule has 21 heavy (non-hydrogen) atoms. The summed E-state index contributed by atoms with van der Waals surface area (Å²) in [5.74, 6) is -0.329. The van der Waals surface area contributed by atoms with Crippen LogP contribution in [0.2, 0.25) is 0 Å². The predicted molar refractivity (Wildman–Crippen MR) is 73.2 cm³/mol. The minimum atomic E-state index is -4.58. The number of aromatic nitrogens is 2. The molecule has 0 unspecified atom stereocenters. The first-order valence-electron chi connectivity index (χ1n) is 6.26. The third kappa shape index (κ3) is 4.76. The number of carbonyl (C=O) groups excluding carboxylic acids is 1. The van der Waals surface area contributed by atoms with Gasteiger partial charge in [0.15, 0.2) is 5.69 Å². The zero-order valence-corrected chi connectivity index (χ0v) is 12.3. The maximum Gasteiger partial charge on any atom is 0.433 e. The molecule has 0 aliphatic heterocycles. The smallest absolute Gasteiger partial charge is 0.354 e. The van der Waals surface area contributed by atoms with Crippen molar-refractivity contribution in [2.24, 2.45) is 0 Å². The van der Waals surface area contributed by atoms with Crippen molar-refractivity contribution in [3.05, 3.63) is 11.8 Å². The van der Waals surface area contributed by atoms with Crippen LogP contribution in [0.1, 0.15) is 12.6 Å². The molecule has 0 fully saturated rings. The largest absolute Gasteiger partial charge is 0.433 e. The second-order valence-electron chi connectivity index (χ2n) is 4.61. The second kappa shape index (κ2) is 6.59. The van der Waals surface area contributed by atoms with Crippen LogP contribution in [-0.4, -0.2) is 55.0 Å². The second-order valence-corrected chi connectivity index (χ2v) is 4.61. The monoisotopic (exact) mass is 305 g/mol. The maximum absolute atomic E-state index is 12.8. The van der Waals surface area contributed by atoms with Crippen molar-refractivity contribution in [3.8, 4) is 0 Å². The van der Waals surface area contributed by atoms with Crippen molar-refractivity contribution >= 4 is 17.7 Å². The van der Waals surface area contributed by atoms with E-state index < -0.39 is 11.9 Å². The number of carbonyl (C=O) groups is 1. The average Bonchev–Trinajstić information content (AvgIpc) is 2.37. The van der Waals surface area contributed by atoms with E-state index in [4.69, 9.17) is 0 Å². The Hall–Kier alpha value is -2.06. The molecule has 0 radical (unpaired) electrons. The third-order valence-electron chi connectivity index (χ3n) is 2.60. The summed E-state index contributed by atoms with van der Waals surface area (Å²) in [5, 5.41) is 2.65. The molecule has 6 nitrogen and oxygen atoms in total. The lowest BCUT2D eigenvalue weighted by atomic mass is 10.3. The molecule has 0 aliphatic carbocycles. The van der Waals surface area contributed by atoms with E-state index in [0.29, 0.717) is 6.54 Å². The summed E-state index contributed by atoms with van der Waals surface area (Å²) in [6.45, 7) is 2.04. The quantitative estimate of drug-likeness (QED) is 0.892. The molecule has 1 rings (SSSR count). The predicted octanol–water partition coefficient (Wildman–Crippen LogP) is 1.45. The summed E-state index contributed by atoms with van der Waals surface area (Å²) in [6.07, 6.45) is -4.58. The minimum absolute atomic E-state index is 0.0310. The fraction of sp³-hybridized carbons (Fsp3) is 0.583. The van der Waals surface area contributed by atoms with Gasteiger partial charge in [0.1, 0.15) is 5.82 Å². The molecule has 0 atom stereocenters. The highest BCUT2D eigenvalue weighted by molar-refractivity contribution is 5.80. The van der Waals surface area contributed by atoms with Gasteiger partial charge in [-0.3, -0.25) is 4.79 Å². The van der Waals surface area contributed by atoms with Crippen LogP contribution >= 0.6 is 0 Å². The van der Waals surface area contributed by atoms with Crippen LogP contribution in [0.5, 0.6) is 0 Å². The molecule has 0 aliphatic rings. The Labute approximate surface area is 121 Å². The zero-order valence-electron chi connectivity index (χ0n) is 12.3. The fourth-order valence-electron chi connectivity index (χ4n) is 1.44. The number of halogens is 3. The van der Waals surface area contributed by atoms with Crippen LogP contribution < -0.4 is 10.2 Å². The molecule has 0 saturated heterocycles. The number of hydrogen-bond donors (Lipinski definition) is 1. The van der Waals surface area contributed by atoms with Gasteiger partial charge in [-0.25, -0.2) is 4.98 Å². The van der Waals surface area contributed by atoms with Gasteiger partial charge in [0, 0.05) is 33.8 Å². The summed E-state index contributed by atoms with van der Waals surface area (Å²) in [6, 6.07) is 0.823. The normalized spacial score (nSPS) is 11.2. The summed E-state index contributed by atoms with van der Waals surface area (Å²) >= 11 is 0. The Morgan fingerprint density at radius 3 is 2.38 bits per heavy atom. The van der Waals surface area contributed by atoms with Crippen LogP contribution in [0.25, 0.3) is 0 Å². The van der Waals surface area contributed by atoms with E-state index in [1.54, 1.807) is 21.0 Å². The topological polar surface area (TPSA) is 61.4 Å². The first kappa shape index (κ1) is 17.0. The first-order valence-corrected chi connectivity index (χ1v) is 6.26. The molecule has 0 bridgehead atoms. The molecule has 0 spiro atoms. The van der Waals surface area contributed by atoms with Gasteiger partial charge in [0.2, 0.25) is 11.9 Å². The van der Waals surface area contributed by atoms with Crippen molar-refractivity contribution in [3.63, 3.8) is 0 Å². The Balaban J connectivity index is 3.10. The van der Waals surface area contributed by atoms with E-state index in [1.165, 1.54) is 16.8 Å². The van der Waals surface area contributed by atoms with E-state index in [2.05, 4.69) is 15.3 Å². The lowest BCUT2D eigenvalue weighted by Crippen LogP contribution is -2.35. The number of rotatable bonds is 5. The van der Waals surface area contributed by atoms with Gasteiger partial charge in [-0.2, -0.15) is 18.2 Å². The molecule has 1 N–H and O–H groups in total. The molecular formula is C12H18F3N5O. The van der Waals surface area contributed by atoms with Gasteiger partial charge in [-0.15, -0.1) is 0 Å². The third-order valence-corrected chi connectivity index (χ3v) is 2.60. The van der Waals surface area contributed by atoms with Crippen LogP contribution in [0.4, 0.5) is 24.9 Å². The first-order chi connectivity index (χ1) is 9.65. The number of likely N-dealkylation sites (N-methyl/N-ethyl adjacent to an activating group) is 2. The van der Waals surface area contributed by atoms with E-state index in [-0.39, 0.29) is 24.2 Å². The van der Waals surface area contributed by atoms with Crippen molar-refractivity contribution < 1.29 is 18.0 Å². The molecule has 1 aromatic heterocycles. The summed E-state index contributed by atoms with van der Waals surface area (Å²) < 4.78 is 38.5. The van der Waals surface area contributed by atoms with Gasteiger partial charge in [0.25, 0.3) is 0 Å². The summed E-state index contributed by atoms with van der Waals surface area (Å²) in [5.41, 5.74) is -1.05. The highest BCUT2D eigenvalue weighted by Gasteiger charge is 2.34. The summed E-state index contributed by atoms with van der Waals surface area (Å²) in [7, 11) is 4.64. The molecule has 118 valence electrons. The minimum Gasteiger partial charge on any atom is -0.354 e. The standard InChI is InChI=1S/C12H18F3N5O/c1-5-16-11-17-8(12(13,14)15)6-9(18-11)20(4)7-10(21)19(2)3/h6H,5,7H2,1-4H3,(H,16,17,18). The summed E-state index contributed by atoms with van der Waals surface area (Å²) in [4.78, 5) is 21.7. The number of alkyl halides is 3. The number of nitrogens with zero attached hydrogens (tertiary/aromatic N) is 4. The maximum atomic E-state index is 12.8.